The normalized spacial score (nSPS) is 11.5. The minimum Gasteiger partial charge on any atom is -0.481 e. The van der Waals surface area contributed by atoms with Crippen LogP contribution in [-0.2, 0) is 32.0 Å². The van der Waals surface area contributed by atoms with Gasteiger partial charge < -0.3 is 25.3 Å². The number of hydrogen-bond acceptors (Lipinski definition) is 5. The summed E-state index contributed by atoms with van der Waals surface area (Å²) in [5.74, 6) is -4.77. The minimum absolute atomic E-state index is 0.232. The number of aliphatic carboxylic acids is 3. The number of nitrogens with zero attached hydrogens (tertiary/aromatic N) is 1. The van der Waals surface area contributed by atoms with Crippen molar-refractivity contribution in [3.8, 4) is 0 Å². The SMILES string of the molecule is CCN(C(=O)CCc1ccccc1)C(C)Cc1ccccc1.O=C(O)CC(O)(CC(=O)O)C(=O)O. The van der Waals surface area contributed by atoms with E-state index in [9.17, 15) is 19.2 Å². The summed E-state index contributed by atoms with van der Waals surface area (Å²) in [6, 6.07) is 20.8. The van der Waals surface area contributed by atoms with Crippen molar-refractivity contribution in [3.05, 3.63) is 71.8 Å². The third-order valence-electron chi connectivity index (χ3n) is 5.32. The van der Waals surface area contributed by atoms with Crippen molar-refractivity contribution in [2.75, 3.05) is 6.54 Å². The number of carboxylic acids is 3. The van der Waals surface area contributed by atoms with Crippen molar-refractivity contribution in [1.82, 2.24) is 4.90 Å². The molecule has 0 aliphatic heterocycles. The highest BCUT2D eigenvalue weighted by molar-refractivity contribution is 5.88. The van der Waals surface area contributed by atoms with E-state index in [0.717, 1.165) is 19.4 Å². The second-order valence-corrected chi connectivity index (χ2v) is 8.18. The molecule has 0 aliphatic rings. The molecule has 0 radical (unpaired) electrons. The van der Waals surface area contributed by atoms with Crippen molar-refractivity contribution in [3.63, 3.8) is 0 Å². The van der Waals surface area contributed by atoms with Crippen molar-refractivity contribution >= 4 is 23.8 Å². The molecule has 0 saturated heterocycles. The van der Waals surface area contributed by atoms with Gasteiger partial charge >= 0.3 is 17.9 Å². The fraction of sp³-hybridized carbons (Fsp3) is 0.385. The summed E-state index contributed by atoms with van der Waals surface area (Å²) in [5, 5.41) is 33.8. The molecule has 1 amide bonds. The van der Waals surface area contributed by atoms with Crippen LogP contribution in [0, 0.1) is 0 Å². The Bertz CT molecular complexity index is 946. The molecule has 9 heteroatoms. The Kier molecular flexibility index (Phi) is 12.2. The zero-order valence-electron chi connectivity index (χ0n) is 20.0. The number of rotatable bonds is 12. The molecule has 9 nitrogen and oxygen atoms in total. The highest BCUT2D eigenvalue weighted by Crippen LogP contribution is 2.16. The third-order valence-corrected chi connectivity index (χ3v) is 5.32. The first-order chi connectivity index (χ1) is 16.5. The predicted octanol–water partition coefficient (Wildman–Crippen LogP) is 2.85. The Labute approximate surface area is 204 Å². The minimum atomic E-state index is -2.74. The molecule has 0 saturated carbocycles. The van der Waals surface area contributed by atoms with Gasteiger partial charge in [0.1, 0.15) is 0 Å². The van der Waals surface area contributed by atoms with Gasteiger partial charge in [-0.15, -0.1) is 0 Å². The van der Waals surface area contributed by atoms with E-state index in [1.54, 1.807) is 0 Å². The summed E-state index contributed by atoms with van der Waals surface area (Å²) in [7, 11) is 0. The number of benzene rings is 2. The number of carbonyl (C=O) groups is 4. The van der Waals surface area contributed by atoms with E-state index in [-0.39, 0.29) is 11.9 Å². The van der Waals surface area contributed by atoms with E-state index in [1.165, 1.54) is 11.1 Å². The van der Waals surface area contributed by atoms with E-state index in [4.69, 9.17) is 20.4 Å². The van der Waals surface area contributed by atoms with Gasteiger partial charge in [-0.05, 0) is 37.8 Å². The Morgan fingerprint density at radius 2 is 1.29 bits per heavy atom. The van der Waals surface area contributed by atoms with Crippen LogP contribution in [0.5, 0.6) is 0 Å². The summed E-state index contributed by atoms with van der Waals surface area (Å²) in [6.07, 6.45) is 0.0141. The lowest BCUT2D eigenvalue weighted by molar-refractivity contribution is -0.170. The molecule has 0 aliphatic carbocycles. The van der Waals surface area contributed by atoms with Gasteiger partial charge in [0.15, 0.2) is 5.60 Å². The van der Waals surface area contributed by atoms with Gasteiger partial charge in [0.25, 0.3) is 0 Å². The number of amides is 1. The highest BCUT2D eigenvalue weighted by atomic mass is 16.4. The molecule has 4 N–H and O–H groups in total. The molecule has 0 bridgehead atoms. The van der Waals surface area contributed by atoms with Crippen LogP contribution in [0.1, 0.15) is 44.2 Å². The topological polar surface area (TPSA) is 152 Å². The molecule has 1 atom stereocenters. The first kappa shape index (κ1) is 29.3. The maximum absolute atomic E-state index is 12.5. The first-order valence-corrected chi connectivity index (χ1v) is 11.2. The molecule has 2 aromatic rings. The van der Waals surface area contributed by atoms with Gasteiger partial charge in [-0.2, -0.15) is 0 Å². The Morgan fingerprint density at radius 3 is 1.69 bits per heavy atom. The largest absolute Gasteiger partial charge is 0.481 e. The van der Waals surface area contributed by atoms with Crippen molar-refractivity contribution in [2.45, 2.75) is 57.6 Å². The second-order valence-electron chi connectivity index (χ2n) is 8.18. The van der Waals surface area contributed by atoms with Gasteiger partial charge in [-0.1, -0.05) is 60.7 Å². The summed E-state index contributed by atoms with van der Waals surface area (Å²) in [5.41, 5.74) is -0.232. The van der Waals surface area contributed by atoms with E-state index in [0.29, 0.717) is 6.42 Å². The smallest absolute Gasteiger partial charge is 0.336 e. The van der Waals surface area contributed by atoms with Gasteiger partial charge in [-0.25, -0.2) is 4.79 Å². The van der Waals surface area contributed by atoms with Crippen LogP contribution in [0.3, 0.4) is 0 Å². The monoisotopic (exact) mass is 487 g/mol. The van der Waals surface area contributed by atoms with Gasteiger partial charge in [-0.3, -0.25) is 14.4 Å². The lowest BCUT2D eigenvalue weighted by Crippen LogP contribution is -2.42. The average Bonchev–Trinajstić information content (AvgIpc) is 2.79. The zero-order chi connectivity index (χ0) is 26.4. The van der Waals surface area contributed by atoms with Crippen LogP contribution in [0.4, 0.5) is 0 Å². The first-order valence-electron chi connectivity index (χ1n) is 11.2. The number of aryl methyl sites for hydroxylation is 1. The maximum atomic E-state index is 12.5. The molecule has 0 heterocycles. The molecule has 2 aromatic carbocycles. The van der Waals surface area contributed by atoms with Crippen LogP contribution >= 0.6 is 0 Å². The van der Waals surface area contributed by atoms with E-state index in [2.05, 4.69) is 50.2 Å². The molecule has 0 aromatic heterocycles. The highest BCUT2D eigenvalue weighted by Gasteiger charge is 2.40. The summed E-state index contributed by atoms with van der Waals surface area (Å²) >= 11 is 0. The van der Waals surface area contributed by atoms with Crippen molar-refractivity contribution in [1.29, 1.82) is 0 Å². The Balaban J connectivity index is 0.000000405. The lowest BCUT2D eigenvalue weighted by atomic mass is 9.96. The van der Waals surface area contributed by atoms with E-state index in [1.807, 2.05) is 29.2 Å². The predicted molar refractivity (Wildman–Crippen MR) is 129 cm³/mol. The molecular weight excluding hydrogens is 454 g/mol. The summed E-state index contributed by atoms with van der Waals surface area (Å²) < 4.78 is 0. The van der Waals surface area contributed by atoms with Crippen LogP contribution in [-0.4, -0.2) is 67.3 Å². The molecule has 0 spiro atoms. The Hall–Kier alpha value is -3.72. The fourth-order valence-electron chi connectivity index (χ4n) is 3.55. The zero-order valence-corrected chi connectivity index (χ0v) is 20.0. The van der Waals surface area contributed by atoms with E-state index < -0.39 is 36.4 Å². The summed E-state index contributed by atoms with van der Waals surface area (Å²) in [6.45, 7) is 4.96. The van der Waals surface area contributed by atoms with Gasteiger partial charge in [0.2, 0.25) is 5.91 Å². The molecular formula is C26H33NO8. The maximum Gasteiger partial charge on any atom is 0.336 e. The molecule has 35 heavy (non-hydrogen) atoms. The average molecular weight is 488 g/mol. The van der Waals surface area contributed by atoms with Crippen LogP contribution in [0.15, 0.2) is 60.7 Å². The third kappa shape index (κ3) is 10.8. The number of carboxylic acid groups (broad SMARTS) is 3. The van der Waals surface area contributed by atoms with Gasteiger partial charge in [0.05, 0.1) is 12.8 Å². The fourth-order valence-corrected chi connectivity index (χ4v) is 3.55. The standard InChI is InChI=1S/C20H25NO.C6H8O7/c1-3-21(17(2)16-19-12-8-5-9-13-19)20(22)15-14-18-10-6-4-7-11-18;7-3(8)1-6(13,5(11)12)2-4(9)10/h4-13,17H,3,14-16H2,1-2H3;13H,1-2H2,(H,7,8)(H,9,10)(H,11,12). The molecule has 1 unspecified atom stereocenters. The lowest BCUT2D eigenvalue weighted by Gasteiger charge is -2.28. The molecule has 0 fully saturated rings. The van der Waals surface area contributed by atoms with E-state index >= 15 is 0 Å². The van der Waals surface area contributed by atoms with Crippen molar-refractivity contribution < 1.29 is 39.6 Å². The van der Waals surface area contributed by atoms with Crippen LogP contribution in [0.2, 0.25) is 0 Å². The number of likely N-dealkylation sites (N-methyl/N-ethyl adjacent to an activating group) is 1. The molecule has 190 valence electrons. The van der Waals surface area contributed by atoms with Crippen LogP contribution in [0.25, 0.3) is 0 Å². The number of aliphatic hydroxyl groups is 1. The van der Waals surface area contributed by atoms with Crippen molar-refractivity contribution in [2.24, 2.45) is 0 Å². The number of carbonyl (C=O) groups excluding carboxylic acids is 1. The molecule has 2 rings (SSSR count). The quantitative estimate of drug-likeness (QED) is 0.357. The number of hydrogen-bond donors (Lipinski definition) is 4. The second kappa shape index (κ2) is 14.5. The van der Waals surface area contributed by atoms with Gasteiger partial charge in [0, 0.05) is 19.0 Å². The Morgan fingerprint density at radius 1 is 0.829 bits per heavy atom. The van der Waals surface area contributed by atoms with Crippen LogP contribution < -0.4 is 0 Å². The summed E-state index contributed by atoms with van der Waals surface area (Å²) in [4.78, 5) is 45.0.